The fraction of sp³-hybridized carbons (Fsp3) is 0.381. The number of carbonyl (C=O) groups is 1. The summed E-state index contributed by atoms with van der Waals surface area (Å²) in [5.74, 6) is 0.0474. The Morgan fingerprint density at radius 1 is 1.36 bits per heavy atom. The molecule has 2 heterocycles. The van der Waals surface area contributed by atoms with Gasteiger partial charge in [0, 0.05) is 16.3 Å². The summed E-state index contributed by atoms with van der Waals surface area (Å²) in [6.07, 6.45) is 4.97. The van der Waals surface area contributed by atoms with Crippen molar-refractivity contribution in [3.63, 3.8) is 0 Å². The van der Waals surface area contributed by atoms with Crippen molar-refractivity contribution in [2.75, 3.05) is 0 Å². The predicted molar refractivity (Wildman–Crippen MR) is 113 cm³/mol. The summed E-state index contributed by atoms with van der Waals surface area (Å²) in [5, 5.41) is 1.30. The van der Waals surface area contributed by atoms with Crippen molar-refractivity contribution in [3.05, 3.63) is 61.5 Å². The van der Waals surface area contributed by atoms with Crippen molar-refractivity contribution < 1.29 is 4.79 Å². The lowest BCUT2D eigenvalue weighted by atomic mass is 9.97. The molecule has 7 heteroatoms. The number of primary amides is 1. The summed E-state index contributed by atoms with van der Waals surface area (Å²) in [6, 6.07) is 6.76. The Kier molecular flexibility index (Phi) is 5.25. The van der Waals surface area contributed by atoms with Crippen LogP contribution < -0.4 is 11.3 Å². The zero-order valence-corrected chi connectivity index (χ0v) is 17.3. The second-order valence-corrected chi connectivity index (χ2v) is 8.75. The van der Waals surface area contributed by atoms with E-state index in [4.69, 9.17) is 22.3 Å². The van der Waals surface area contributed by atoms with E-state index < -0.39 is 11.9 Å². The lowest BCUT2D eigenvalue weighted by molar-refractivity contribution is -0.121. The van der Waals surface area contributed by atoms with E-state index in [1.807, 2.05) is 25.1 Å². The van der Waals surface area contributed by atoms with Gasteiger partial charge in [0.25, 0.3) is 5.56 Å². The van der Waals surface area contributed by atoms with Gasteiger partial charge in [0.2, 0.25) is 5.91 Å². The normalized spacial score (nSPS) is 14.8. The third-order valence-corrected chi connectivity index (χ3v) is 6.79. The minimum Gasteiger partial charge on any atom is -0.368 e. The molecular weight excluding hydrogens is 394 g/mol. The molecule has 0 bridgehead atoms. The fourth-order valence-corrected chi connectivity index (χ4v) is 5.53. The van der Waals surface area contributed by atoms with E-state index in [0.717, 1.165) is 41.6 Å². The van der Waals surface area contributed by atoms with Gasteiger partial charge in [-0.25, -0.2) is 4.98 Å². The van der Waals surface area contributed by atoms with Crippen molar-refractivity contribution in [3.8, 4) is 0 Å². The number of aromatic nitrogens is 2. The fourth-order valence-electron chi connectivity index (χ4n) is 4.05. The Bertz CT molecular complexity index is 1120. The van der Waals surface area contributed by atoms with Crippen LogP contribution in [0.25, 0.3) is 10.2 Å². The van der Waals surface area contributed by atoms with Crippen LogP contribution in [0, 0.1) is 0 Å². The summed E-state index contributed by atoms with van der Waals surface area (Å²) in [4.78, 5) is 32.5. The van der Waals surface area contributed by atoms with E-state index in [-0.39, 0.29) is 5.56 Å². The zero-order chi connectivity index (χ0) is 19.8. The van der Waals surface area contributed by atoms with Crippen LogP contribution in [-0.4, -0.2) is 15.5 Å². The van der Waals surface area contributed by atoms with Crippen LogP contribution in [0.5, 0.6) is 0 Å². The molecule has 0 radical (unpaired) electrons. The van der Waals surface area contributed by atoms with Crippen molar-refractivity contribution in [1.29, 1.82) is 0 Å². The Labute approximate surface area is 172 Å². The predicted octanol–water partition coefficient (Wildman–Crippen LogP) is 4.02. The monoisotopic (exact) mass is 415 g/mol. The van der Waals surface area contributed by atoms with Crippen LogP contribution >= 0.6 is 22.9 Å². The first-order valence-corrected chi connectivity index (χ1v) is 10.8. The molecule has 0 saturated heterocycles. The SMILES string of the molecule is CCC(C(N)=O)n1c(Cc2cccc(Cl)c2)nc2sc3c(c2c1=O)CCCC3. The highest BCUT2D eigenvalue weighted by atomic mass is 35.5. The highest BCUT2D eigenvalue weighted by molar-refractivity contribution is 7.18. The molecular formula is C21H22ClN3O2S. The maximum Gasteiger partial charge on any atom is 0.263 e. The number of benzene rings is 1. The number of nitrogens with zero attached hydrogens (tertiary/aromatic N) is 2. The maximum absolute atomic E-state index is 13.5. The molecule has 2 N–H and O–H groups in total. The highest BCUT2D eigenvalue weighted by Crippen LogP contribution is 2.34. The maximum atomic E-state index is 13.5. The molecule has 0 saturated carbocycles. The van der Waals surface area contributed by atoms with Crippen LogP contribution in [0.4, 0.5) is 0 Å². The second kappa shape index (κ2) is 7.68. The Hall–Kier alpha value is -2.18. The van der Waals surface area contributed by atoms with Crippen LogP contribution in [0.1, 0.15) is 54.1 Å². The van der Waals surface area contributed by atoms with E-state index in [2.05, 4.69) is 0 Å². The largest absolute Gasteiger partial charge is 0.368 e. The number of aryl methyl sites for hydroxylation is 2. The van der Waals surface area contributed by atoms with Crippen LogP contribution in [0.3, 0.4) is 0 Å². The minimum absolute atomic E-state index is 0.146. The van der Waals surface area contributed by atoms with Crippen molar-refractivity contribution in [2.45, 2.75) is 51.5 Å². The van der Waals surface area contributed by atoms with Gasteiger partial charge in [0.15, 0.2) is 0 Å². The van der Waals surface area contributed by atoms with E-state index >= 15 is 0 Å². The molecule has 0 aliphatic heterocycles. The number of thiophene rings is 1. The number of carbonyl (C=O) groups excluding carboxylic acids is 1. The van der Waals surface area contributed by atoms with Gasteiger partial charge in [-0.15, -0.1) is 11.3 Å². The van der Waals surface area contributed by atoms with Crippen LogP contribution in [0.2, 0.25) is 5.02 Å². The summed E-state index contributed by atoms with van der Waals surface area (Å²) < 4.78 is 1.52. The number of amides is 1. The lowest BCUT2D eigenvalue weighted by Gasteiger charge is -2.19. The Balaban J connectivity index is 1.96. The average Bonchev–Trinajstić information content (AvgIpc) is 3.03. The minimum atomic E-state index is -0.710. The lowest BCUT2D eigenvalue weighted by Crippen LogP contribution is -2.36. The summed E-state index contributed by atoms with van der Waals surface area (Å²) in [5.41, 5.74) is 7.56. The van der Waals surface area contributed by atoms with Gasteiger partial charge in [-0.3, -0.25) is 14.2 Å². The second-order valence-electron chi connectivity index (χ2n) is 7.23. The molecule has 5 nitrogen and oxygen atoms in total. The third kappa shape index (κ3) is 3.35. The quantitative estimate of drug-likeness (QED) is 0.683. The summed E-state index contributed by atoms with van der Waals surface area (Å²) in [6.45, 7) is 1.86. The summed E-state index contributed by atoms with van der Waals surface area (Å²) >= 11 is 7.74. The average molecular weight is 416 g/mol. The molecule has 28 heavy (non-hydrogen) atoms. The van der Waals surface area contributed by atoms with Crippen molar-refractivity contribution in [1.82, 2.24) is 9.55 Å². The van der Waals surface area contributed by atoms with Crippen molar-refractivity contribution in [2.24, 2.45) is 5.73 Å². The highest BCUT2D eigenvalue weighted by Gasteiger charge is 2.26. The topological polar surface area (TPSA) is 78.0 Å². The van der Waals surface area contributed by atoms with Gasteiger partial charge in [-0.2, -0.15) is 0 Å². The molecule has 1 amide bonds. The molecule has 1 aliphatic carbocycles. The Morgan fingerprint density at radius 3 is 2.86 bits per heavy atom. The number of hydrogen-bond donors (Lipinski definition) is 1. The smallest absolute Gasteiger partial charge is 0.263 e. The molecule has 1 atom stereocenters. The molecule has 0 spiro atoms. The first kappa shape index (κ1) is 19.2. The first-order valence-electron chi connectivity index (χ1n) is 9.59. The molecule has 146 valence electrons. The van der Waals surface area contributed by atoms with E-state index in [1.165, 1.54) is 9.44 Å². The van der Waals surface area contributed by atoms with E-state index in [9.17, 15) is 9.59 Å². The van der Waals surface area contributed by atoms with Crippen LogP contribution in [-0.2, 0) is 24.1 Å². The third-order valence-electron chi connectivity index (χ3n) is 5.37. The van der Waals surface area contributed by atoms with Gasteiger partial charge in [0.1, 0.15) is 16.7 Å². The zero-order valence-electron chi connectivity index (χ0n) is 15.7. The number of halogens is 1. The van der Waals surface area contributed by atoms with Gasteiger partial charge in [0.05, 0.1) is 5.39 Å². The molecule has 4 rings (SSSR count). The summed E-state index contributed by atoms with van der Waals surface area (Å²) in [7, 11) is 0. The van der Waals surface area contributed by atoms with Gasteiger partial charge in [-0.05, 0) is 55.4 Å². The van der Waals surface area contributed by atoms with Crippen LogP contribution in [0.15, 0.2) is 29.1 Å². The Morgan fingerprint density at radius 2 is 2.14 bits per heavy atom. The molecule has 1 aliphatic rings. The van der Waals surface area contributed by atoms with Gasteiger partial charge in [-0.1, -0.05) is 30.7 Å². The van der Waals surface area contributed by atoms with E-state index in [1.54, 1.807) is 17.4 Å². The van der Waals surface area contributed by atoms with Gasteiger partial charge >= 0.3 is 0 Å². The van der Waals surface area contributed by atoms with Crippen molar-refractivity contribution >= 4 is 39.1 Å². The first-order chi connectivity index (χ1) is 13.5. The molecule has 1 aromatic carbocycles. The van der Waals surface area contributed by atoms with E-state index in [0.29, 0.717) is 29.1 Å². The number of nitrogens with two attached hydrogens (primary N) is 1. The number of hydrogen-bond acceptors (Lipinski definition) is 4. The number of fused-ring (bicyclic) bond motifs is 3. The standard InChI is InChI=1S/C21H22ClN3O2S/c1-2-15(19(23)26)25-17(11-12-6-5-7-13(22)10-12)24-20-18(21(25)27)14-8-3-4-9-16(14)28-20/h5-7,10,15H,2-4,8-9,11H2,1H3,(H2,23,26). The van der Waals surface area contributed by atoms with Gasteiger partial charge < -0.3 is 5.73 Å². The number of rotatable bonds is 5. The molecule has 3 aromatic rings. The molecule has 0 fully saturated rings. The molecule has 2 aromatic heterocycles. The molecule has 1 unspecified atom stereocenters.